The van der Waals surface area contributed by atoms with Crippen molar-refractivity contribution in [2.24, 2.45) is 5.92 Å². The molecule has 1 aromatic carbocycles. The zero-order valence-corrected chi connectivity index (χ0v) is 11.2. The highest BCUT2D eigenvalue weighted by Crippen LogP contribution is 2.38. The first-order chi connectivity index (χ1) is 9.50. The van der Waals surface area contributed by atoms with Crippen LogP contribution in [-0.4, -0.2) is 18.9 Å². The van der Waals surface area contributed by atoms with Gasteiger partial charge in [-0.2, -0.15) is 0 Å². The highest BCUT2D eigenvalue weighted by molar-refractivity contribution is 5.74. The first kappa shape index (κ1) is 14.9. The quantitative estimate of drug-likeness (QED) is 0.749. The van der Waals surface area contributed by atoms with Crippen LogP contribution in [0.15, 0.2) is 24.3 Å². The number of nitrogens with zero attached hydrogens (tertiary/aromatic N) is 1. The van der Waals surface area contributed by atoms with E-state index in [9.17, 15) is 18.0 Å². The third kappa shape index (κ3) is 3.99. The van der Waals surface area contributed by atoms with Crippen molar-refractivity contribution in [2.45, 2.75) is 38.0 Å². The van der Waals surface area contributed by atoms with Gasteiger partial charge in [0.15, 0.2) is 0 Å². The third-order valence-electron chi connectivity index (χ3n) is 3.79. The molecule has 1 fully saturated rings. The standard InChI is InChI=1S/C15H18F3NO/c16-13-4-1-5-14(9-13)19(11-20)8-6-12-3-2-7-15(17,18)10-12/h1,4-5,9,11-12H,2-3,6-8,10H2. The zero-order chi connectivity index (χ0) is 14.6. The molecule has 0 aliphatic heterocycles. The van der Waals surface area contributed by atoms with E-state index in [4.69, 9.17) is 0 Å². The second-order valence-corrected chi connectivity index (χ2v) is 5.39. The molecule has 1 aromatic rings. The zero-order valence-electron chi connectivity index (χ0n) is 11.2. The van der Waals surface area contributed by atoms with Gasteiger partial charge in [-0.25, -0.2) is 13.2 Å². The van der Waals surface area contributed by atoms with Crippen LogP contribution in [0.2, 0.25) is 0 Å². The lowest BCUT2D eigenvalue weighted by atomic mass is 9.84. The number of carbonyl (C=O) groups excluding carboxylic acids is 1. The van der Waals surface area contributed by atoms with E-state index < -0.39 is 11.7 Å². The molecule has 1 aliphatic rings. The van der Waals surface area contributed by atoms with Gasteiger partial charge >= 0.3 is 0 Å². The van der Waals surface area contributed by atoms with Crippen molar-refractivity contribution in [3.05, 3.63) is 30.1 Å². The highest BCUT2D eigenvalue weighted by Gasteiger charge is 2.35. The van der Waals surface area contributed by atoms with E-state index in [1.54, 1.807) is 6.07 Å². The number of rotatable bonds is 5. The second kappa shape index (κ2) is 6.29. The molecule has 2 rings (SSSR count). The van der Waals surface area contributed by atoms with Crippen molar-refractivity contribution in [1.29, 1.82) is 0 Å². The number of anilines is 1. The molecule has 0 saturated heterocycles. The molecule has 0 bridgehead atoms. The minimum atomic E-state index is -2.58. The molecule has 0 spiro atoms. The molecule has 2 nitrogen and oxygen atoms in total. The summed E-state index contributed by atoms with van der Waals surface area (Å²) in [5.74, 6) is -3.07. The van der Waals surface area contributed by atoms with Gasteiger partial charge in [-0.05, 0) is 43.4 Å². The average Bonchev–Trinajstić information content (AvgIpc) is 2.38. The van der Waals surface area contributed by atoms with Gasteiger partial charge in [-0.1, -0.05) is 6.07 Å². The van der Waals surface area contributed by atoms with E-state index >= 15 is 0 Å². The Balaban J connectivity index is 1.92. The fourth-order valence-corrected chi connectivity index (χ4v) is 2.74. The van der Waals surface area contributed by atoms with Gasteiger partial charge in [-0.3, -0.25) is 4.79 Å². The molecule has 110 valence electrons. The van der Waals surface area contributed by atoms with Crippen LogP contribution in [0.3, 0.4) is 0 Å². The van der Waals surface area contributed by atoms with E-state index in [0.717, 1.165) is 6.42 Å². The van der Waals surface area contributed by atoms with Gasteiger partial charge < -0.3 is 4.90 Å². The lowest BCUT2D eigenvalue weighted by Gasteiger charge is -2.30. The number of amides is 1. The molecule has 0 aromatic heterocycles. The Kier molecular flexibility index (Phi) is 4.68. The number of benzene rings is 1. The Labute approximate surface area is 116 Å². The van der Waals surface area contributed by atoms with Gasteiger partial charge in [0.2, 0.25) is 12.3 Å². The van der Waals surface area contributed by atoms with Crippen molar-refractivity contribution >= 4 is 12.1 Å². The van der Waals surface area contributed by atoms with E-state index in [1.807, 2.05) is 0 Å². The van der Waals surface area contributed by atoms with Crippen LogP contribution in [0.4, 0.5) is 18.9 Å². The molecule has 20 heavy (non-hydrogen) atoms. The van der Waals surface area contributed by atoms with Gasteiger partial charge in [0.1, 0.15) is 5.82 Å². The summed E-state index contributed by atoms with van der Waals surface area (Å²) in [6, 6.07) is 5.72. The van der Waals surface area contributed by atoms with Crippen LogP contribution in [0, 0.1) is 11.7 Å². The van der Waals surface area contributed by atoms with Gasteiger partial charge in [0.05, 0.1) is 0 Å². The molecule has 1 saturated carbocycles. The maximum atomic E-state index is 13.3. The molecule has 5 heteroatoms. The highest BCUT2D eigenvalue weighted by atomic mass is 19.3. The Morgan fingerprint density at radius 3 is 2.85 bits per heavy atom. The monoisotopic (exact) mass is 285 g/mol. The molecular formula is C15H18F3NO. The topological polar surface area (TPSA) is 20.3 Å². The summed E-state index contributed by atoms with van der Waals surface area (Å²) in [4.78, 5) is 12.4. The Morgan fingerprint density at radius 1 is 1.40 bits per heavy atom. The predicted molar refractivity (Wildman–Crippen MR) is 71.3 cm³/mol. The summed E-state index contributed by atoms with van der Waals surface area (Å²) >= 11 is 0. The van der Waals surface area contributed by atoms with E-state index in [-0.39, 0.29) is 18.8 Å². The summed E-state index contributed by atoms with van der Waals surface area (Å²) in [7, 11) is 0. The second-order valence-electron chi connectivity index (χ2n) is 5.39. The SMILES string of the molecule is O=CN(CCC1CCCC(F)(F)C1)c1cccc(F)c1. The van der Waals surface area contributed by atoms with Crippen LogP contribution in [0.5, 0.6) is 0 Å². The largest absolute Gasteiger partial charge is 0.315 e. The number of halogens is 3. The minimum absolute atomic E-state index is 0.0369. The fourth-order valence-electron chi connectivity index (χ4n) is 2.74. The molecular weight excluding hydrogens is 267 g/mol. The Hall–Kier alpha value is -1.52. The molecule has 1 unspecified atom stereocenters. The fraction of sp³-hybridized carbons (Fsp3) is 0.533. The number of alkyl halides is 2. The summed E-state index contributed by atoms with van der Waals surface area (Å²) < 4.78 is 39.7. The first-order valence-electron chi connectivity index (χ1n) is 6.85. The maximum Gasteiger partial charge on any atom is 0.248 e. The van der Waals surface area contributed by atoms with Crippen molar-refractivity contribution in [3.8, 4) is 0 Å². The molecule has 0 radical (unpaired) electrons. The van der Waals surface area contributed by atoms with Crippen LogP contribution in [0.25, 0.3) is 0 Å². The Bertz CT molecular complexity index is 464. The van der Waals surface area contributed by atoms with Crippen LogP contribution in [0.1, 0.15) is 32.1 Å². The third-order valence-corrected chi connectivity index (χ3v) is 3.79. The summed E-state index contributed by atoms with van der Waals surface area (Å²) in [5, 5.41) is 0. The molecule has 1 amide bonds. The van der Waals surface area contributed by atoms with Crippen molar-refractivity contribution in [1.82, 2.24) is 0 Å². The van der Waals surface area contributed by atoms with Crippen LogP contribution < -0.4 is 4.90 Å². The van der Waals surface area contributed by atoms with Crippen LogP contribution >= 0.6 is 0 Å². The van der Waals surface area contributed by atoms with E-state index in [1.165, 1.54) is 23.1 Å². The Morgan fingerprint density at radius 2 is 2.20 bits per heavy atom. The van der Waals surface area contributed by atoms with E-state index in [2.05, 4.69) is 0 Å². The van der Waals surface area contributed by atoms with Crippen LogP contribution in [-0.2, 0) is 4.79 Å². The molecule has 0 heterocycles. The number of carbonyl (C=O) groups is 1. The predicted octanol–water partition coefficient (Wildman–Crippen LogP) is 4.00. The van der Waals surface area contributed by atoms with Crippen molar-refractivity contribution in [3.63, 3.8) is 0 Å². The minimum Gasteiger partial charge on any atom is -0.315 e. The summed E-state index contributed by atoms with van der Waals surface area (Å²) in [6.07, 6.45) is 2.29. The first-order valence-corrected chi connectivity index (χ1v) is 6.85. The maximum absolute atomic E-state index is 13.3. The average molecular weight is 285 g/mol. The number of hydrogen-bond acceptors (Lipinski definition) is 1. The smallest absolute Gasteiger partial charge is 0.248 e. The van der Waals surface area contributed by atoms with E-state index in [0.29, 0.717) is 31.5 Å². The normalized spacial score (nSPS) is 21.4. The van der Waals surface area contributed by atoms with Crippen molar-refractivity contribution in [2.75, 3.05) is 11.4 Å². The number of hydrogen-bond donors (Lipinski definition) is 0. The molecule has 1 atom stereocenters. The van der Waals surface area contributed by atoms with Gasteiger partial charge in [0.25, 0.3) is 0 Å². The van der Waals surface area contributed by atoms with Crippen molar-refractivity contribution < 1.29 is 18.0 Å². The lowest BCUT2D eigenvalue weighted by molar-refractivity contribution is -0.107. The molecule has 1 aliphatic carbocycles. The lowest BCUT2D eigenvalue weighted by Crippen LogP contribution is -2.30. The van der Waals surface area contributed by atoms with Gasteiger partial charge in [0, 0.05) is 25.1 Å². The summed E-state index contributed by atoms with van der Waals surface area (Å²) in [5.41, 5.74) is 0.461. The summed E-state index contributed by atoms with van der Waals surface area (Å²) in [6.45, 7) is 0.341. The molecule has 0 N–H and O–H groups in total. The van der Waals surface area contributed by atoms with Gasteiger partial charge in [-0.15, -0.1) is 0 Å².